The fourth-order valence-corrected chi connectivity index (χ4v) is 17.2. The van der Waals surface area contributed by atoms with Crippen LogP contribution in [0.5, 0.6) is 11.5 Å². The lowest BCUT2D eigenvalue weighted by Crippen LogP contribution is -2.58. The van der Waals surface area contributed by atoms with Gasteiger partial charge in [0.1, 0.15) is 59.8 Å². The smallest absolute Gasteiger partial charge is 0.317 e. The lowest BCUT2D eigenvalue weighted by Gasteiger charge is -2.32. The van der Waals surface area contributed by atoms with E-state index in [1.54, 1.807) is 31.7 Å². The van der Waals surface area contributed by atoms with Gasteiger partial charge in [-0.15, -0.1) is 0 Å². The number of phenols is 2. The molecule has 3 aliphatic rings. The molecule has 3 heterocycles. The van der Waals surface area contributed by atoms with Crippen LogP contribution in [0.2, 0.25) is 0 Å². The molecule has 784 valence electrons. The van der Waals surface area contributed by atoms with Gasteiger partial charge in [0.15, 0.2) is 11.9 Å². The first kappa shape index (κ1) is 113. The van der Waals surface area contributed by atoms with Gasteiger partial charge < -0.3 is 122 Å². The maximum absolute atomic E-state index is 15.2. The molecular weight excluding hydrogens is 1880 g/mol. The quantitative estimate of drug-likeness (QED) is 0.0102. The molecule has 0 bridgehead atoms. The predicted molar refractivity (Wildman–Crippen MR) is 535 cm³/mol. The fourth-order valence-electron chi connectivity index (χ4n) is 17.2. The summed E-state index contributed by atoms with van der Waals surface area (Å²) in [5, 5.41) is 85.9. The first-order valence-electron chi connectivity index (χ1n) is 48.5. The van der Waals surface area contributed by atoms with Gasteiger partial charge in [-0.3, -0.25) is 111 Å². The Hall–Kier alpha value is -15.2. The van der Waals surface area contributed by atoms with E-state index in [-0.39, 0.29) is 225 Å². The summed E-state index contributed by atoms with van der Waals surface area (Å²) >= 11 is 0. The van der Waals surface area contributed by atoms with Gasteiger partial charge in [-0.25, -0.2) is 0 Å². The molecule has 3 saturated heterocycles. The molecule has 3 fully saturated rings. The second kappa shape index (κ2) is 58.4. The number of carboxylic acid groups (broad SMARTS) is 3. The fraction of sp³-hybridized carbons (Fsp3) is 0.485. The maximum Gasteiger partial charge on any atom is 0.317 e. The number of guanidine groups is 2. The van der Waals surface area contributed by atoms with E-state index < -0.39 is 181 Å². The number of hydrogen-bond acceptors (Lipinski definition) is 25. The van der Waals surface area contributed by atoms with E-state index in [0.717, 1.165) is 31.3 Å². The number of amides is 14. The van der Waals surface area contributed by atoms with E-state index in [4.69, 9.17) is 22.9 Å². The first-order chi connectivity index (χ1) is 69.4. The molecule has 145 heavy (non-hydrogen) atoms. The molecular formula is C99H136N24O22. The highest BCUT2D eigenvalue weighted by molar-refractivity contribution is 6.00. The van der Waals surface area contributed by atoms with Crippen LogP contribution >= 0.6 is 0 Å². The molecule has 0 unspecified atom stereocenters. The van der Waals surface area contributed by atoms with Crippen LogP contribution in [0.25, 0.3) is 21.5 Å². The largest absolute Gasteiger partial charge is 0.508 e. The monoisotopic (exact) mass is 2010 g/mol. The minimum Gasteiger partial charge on any atom is -0.508 e. The highest BCUT2D eigenvalue weighted by Crippen LogP contribution is 2.24. The molecule has 6 aromatic rings. The standard InChI is InChI=1S/C99H136N24O22/c1-118-79(94(142)114-73(18-10-38-107-98(100)101)92(140)116-75(52-64-23-29-66-14-5-7-16-68(66)48-64)90(138)109-56-84(129)112-77(96(118)144)50-62-25-31-71(124)32-26-62)20-12-36-104-82(127)54-70(111-81(126)22-4-3-9-35-106-86(131)58-120-40-42-121(59-87(132)133)44-46-123(61-89(136)137)47-45-122(43-41-120)60-88(134)135)55-83(128)105-37-13-21-80-95(143)115-74(19-11-39-108-99(102)103)93(141)117-76(53-65-24-30-67-15-6-8-17-69(67)49-65)91(139)110-57-85(130)113-78(97(145)119(80)2)51-63-27-33-72(125)34-28-63/h5-8,14-17,23-34,48-49,70,73-80,124-125H,3-4,9-13,18-22,35-47,50-61H2,1-2H3,(H,104,127)(H,105,128)(H,106,131)(H,109,138)(H,110,139)(H,111,126)(H,112,129)(H,113,130)(H,114,142)(H,115,143)(H,116,140)(H,117,141)(H,132,133)(H,134,135)(H,136,137)(H4,100,101,107)(H4,102,103,108)/t73-,74-,75-,76-,77+,78+,79+,80+/m0/s1. The number of aromatic hydroxyl groups is 2. The number of unbranched alkanes of at least 4 members (excludes halogenated alkanes) is 2. The number of carbonyl (C=O) groups excluding carboxylic acids is 14. The van der Waals surface area contributed by atoms with Gasteiger partial charge >= 0.3 is 17.9 Å². The summed E-state index contributed by atoms with van der Waals surface area (Å²) in [6.07, 6.45) is -1.45. The Morgan fingerprint density at radius 3 is 1.09 bits per heavy atom. The summed E-state index contributed by atoms with van der Waals surface area (Å²) in [5.41, 5.74) is 24.9. The molecule has 0 spiro atoms. The minimum absolute atomic E-state index is 0.00263. The highest BCUT2D eigenvalue weighted by atomic mass is 16.4. The van der Waals surface area contributed by atoms with E-state index in [9.17, 15) is 87.9 Å². The highest BCUT2D eigenvalue weighted by Gasteiger charge is 2.40. The van der Waals surface area contributed by atoms with Crippen LogP contribution in [0.1, 0.15) is 112 Å². The number of nitrogens with one attached hydrogen (secondary N) is 12. The third-order valence-electron chi connectivity index (χ3n) is 25.0. The number of carboxylic acids is 3. The number of hydrogen-bond donors (Lipinski definition) is 21. The molecule has 0 aromatic heterocycles. The van der Waals surface area contributed by atoms with Gasteiger partial charge in [-0.1, -0.05) is 116 Å². The zero-order chi connectivity index (χ0) is 105. The maximum atomic E-state index is 15.2. The number of likely N-dealkylation sites (N-methyl/N-ethyl adjacent to an activating group) is 2. The minimum atomic E-state index is -1.47. The zero-order valence-electron chi connectivity index (χ0n) is 81.6. The van der Waals surface area contributed by atoms with Gasteiger partial charge in [-0.05, 0) is 132 Å². The van der Waals surface area contributed by atoms with Gasteiger partial charge in [-0.2, -0.15) is 0 Å². The average molecular weight is 2010 g/mol. The van der Waals surface area contributed by atoms with Crippen molar-refractivity contribution in [3.05, 3.63) is 156 Å². The topological polar surface area (TPSA) is 684 Å². The molecule has 25 N–H and O–H groups in total. The third kappa shape index (κ3) is 39.9. The first-order valence-corrected chi connectivity index (χ1v) is 48.5. The molecule has 9 rings (SSSR count). The lowest BCUT2D eigenvalue weighted by atomic mass is 10.00. The van der Waals surface area contributed by atoms with Crippen molar-refractivity contribution in [1.82, 2.24) is 93.2 Å². The number of nitrogens with two attached hydrogens (primary N) is 4. The molecule has 6 aromatic carbocycles. The Morgan fingerprint density at radius 2 is 0.710 bits per heavy atom. The van der Waals surface area contributed by atoms with E-state index in [2.05, 4.69) is 73.8 Å². The van der Waals surface area contributed by atoms with Crippen molar-refractivity contribution in [2.45, 2.75) is 170 Å². The van der Waals surface area contributed by atoms with E-state index in [1.807, 2.05) is 72.8 Å². The van der Waals surface area contributed by atoms with Crippen LogP contribution in [0.3, 0.4) is 0 Å². The van der Waals surface area contributed by atoms with Gasteiger partial charge in [0, 0.05) is 150 Å². The summed E-state index contributed by atoms with van der Waals surface area (Å²) in [5.74, 6) is -14.7. The summed E-state index contributed by atoms with van der Waals surface area (Å²) in [6.45, 7) is -1.41. The van der Waals surface area contributed by atoms with Crippen molar-refractivity contribution >= 4 is 134 Å². The summed E-state index contributed by atoms with van der Waals surface area (Å²) in [7, 11) is 2.62. The third-order valence-corrected chi connectivity index (χ3v) is 25.0. The Bertz CT molecular complexity index is 5230. The normalized spacial score (nSPS) is 19.7. The van der Waals surface area contributed by atoms with Crippen molar-refractivity contribution in [3.8, 4) is 11.5 Å². The number of carbonyl (C=O) groups is 17. The van der Waals surface area contributed by atoms with Crippen LogP contribution in [0, 0.1) is 0 Å². The number of phenolic OH excluding ortho intramolecular Hbond substituents is 2. The summed E-state index contributed by atoms with van der Waals surface area (Å²) < 4.78 is 0. The van der Waals surface area contributed by atoms with Gasteiger partial charge in [0.25, 0.3) is 0 Å². The van der Waals surface area contributed by atoms with Gasteiger partial charge in [0.05, 0.1) is 39.3 Å². The Morgan fingerprint density at radius 1 is 0.366 bits per heavy atom. The van der Waals surface area contributed by atoms with Crippen molar-refractivity contribution in [3.63, 3.8) is 0 Å². The molecule has 46 heteroatoms. The molecule has 0 aliphatic carbocycles. The van der Waals surface area contributed by atoms with Crippen LogP contribution in [-0.4, -0.2) is 360 Å². The lowest BCUT2D eigenvalue weighted by molar-refractivity contribution is -0.142. The Labute approximate surface area is 838 Å². The number of benzene rings is 6. The summed E-state index contributed by atoms with van der Waals surface area (Å²) in [6, 6.07) is 25.0. The number of rotatable bonds is 43. The molecule has 0 radical (unpaired) electrons. The Balaban J connectivity index is 0.935. The van der Waals surface area contributed by atoms with Crippen molar-refractivity contribution in [2.24, 2.45) is 32.9 Å². The second-order valence-electron chi connectivity index (χ2n) is 36.4. The van der Waals surface area contributed by atoms with Crippen LogP contribution < -0.4 is 86.7 Å². The van der Waals surface area contributed by atoms with Crippen molar-refractivity contribution in [2.75, 3.05) is 138 Å². The molecule has 8 atom stereocenters. The van der Waals surface area contributed by atoms with Crippen molar-refractivity contribution in [1.29, 1.82) is 0 Å². The van der Waals surface area contributed by atoms with Crippen LogP contribution in [-0.2, 0) is 107 Å². The van der Waals surface area contributed by atoms with Crippen LogP contribution in [0.15, 0.2) is 143 Å². The Kier molecular flexibility index (Phi) is 45.7. The average Bonchev–Trinajstić information content (AvgIpc) is 1.16. The number of aliphatic imine (C=N–C) groups is 2. The van der Waals surface area contributed by atoms with Crippen molar-refractivity contribution < 1.29 is 107 Å². The summed E-state index contributed by atoms with van der Waals surface area (Å²) in [4.78, 5) is 256. The molecule has 46 nitrogen and oxygen atoms in total. The number of nitrogens with zero attached hydrogens (tertiary/aromatic N) is 8. The predicted octanol–water partition coefficient (Wildman–Crippen LogP) is -3.19. The second-order valence-corrected chi connectivity index (χ2v) is 36.4. The zero-order valence-corrected chi connectivity index (χ0v) is 81.6. The molecule has 0 saturated carbocycles. The molecule has 14 amide bonds. The number of fused-ring (bicyclic) bond motifs is 2. The van der Waals surface area contributed by atoms with E-state index >= 15 is 19.2 Å². The van der Waals surface area contributed by atoms with Gasteiger partial charge in [0.2, 0.25) is 82.7 Å². The van der Waals surface area contributed by atoms with E-state index in [1.165, 1.54) is 62.6 Å². The van der Waals surface area contributed by atoms with Crippen LogP contribution in [0.4, 0.5) is 0 Å². The SMILES string of the molecule is CN1C(=O)[C@@H](Cc2ccc(O)cc2)NC(=O)CNC(=O)[C@H](Cc2ccc3ccccc3c2)NC(=O)[C@H](CCCN=C(N)N)NC(=O)[C@H]1CCCNC(=O)CC(CC(=O)NCCC[C@@H]1C(=O)N[C@@H](CCCN=C(N)N)C(=O)N[C@@H](Cc2ccc3ccccc3c2)C(=O)NCC(=O)N[C@H](Cc2ccc(O)cc2)C(=O)N1C)NC(=O)CCCCCNC(=O)CN1CCN(CC(=O)O)CCN(CC(=O)O)CCN(CC(=O)O)CC1. The molecule has 3 aliphatic heterocycles. The number of aliphatic carboxylic acids is 3. The van der Waals surface area contributed by atoms with E-state index in [0.29, 0.717) is 35.1 Å².